The zero-order valence-corrected chi connectivity index (χ0v) is 13.4. The lowest BCUT2D eigenvalue weighted by atomic mass is 10.1. The van der Waals surface area contributed by atoms with Gasteiger partial charge < -0.3 is 15.3 Å². The molecule has 1 aliphatic rings. The number of nitrogens with one attached hydrogen (secondary N) is 1. The van der Waals surface area contributed by atoms with Gasteiger partial charge in [0.05, 0.1) is 6.10 Å². The molecule has 2 N–H and O–H groups in total. The van der Waals surface area contributed by atoms with Gasteiger partial charge in [-0.05, 0) is 32.9 Å². The smallest absolute Gasteiger partial charge is 0.128 e. The Hall–Kier alpha value is -1.17. The molecule has 1 atom stereocenters. The fourth-order valence-corrected chi connectivity index (χ4v) is 2.49. The van der Waals surface area contributed by atoms with Gasteiger partial charge in [-0.15, -0.1) is 0 Å². The number of hydrogen-bond acceptors (Lipinski definition) is 5. The molecular formula is C16H28N4O. The van der Waals surface area contributed by atoms with Crippen LogP contribution in [0.5, 0.6) is 0 Å². The van der Waals surface area contributed by atoms with Gasteiger partial charge in [-0.25, -0.2) is 4.98 Å². The quantitative estimate of drug-likeness (QED) is 0.846. The number of pyridine rings is 1. The first-order chi connectivity index (χ1) is 9.94. The van der Waals surface area contributed by atoms with Crippen LogP contribution in [0, 0.1) is 0 Å². The Balaban J connectivity index is 1.72. The van der Waals surface area contributed by atoms with Crippen LogP contribution in [0.3, 0.4) is 0 Å². The van der Waals surface area contributed by atoms with Crippen molar-refractivity contribution in [3.8, 4) is 0 Å². The van der Waals surface area contributed by atoms with E-state index in [2.05, 4.69) is 46.9 Å². The topological polar surface area (TPSA) is 51.6 Å². The highest BCUT2D eigenvalue weighted by Crippen LogP contribution is 2.12. The predicted octanol–water partition coefficient (Wildman–Crippen LogP) is 0.953. The summed E-state index contributed by atoms with van der Waals surface area (Å²) in [5.41, 5.74) is 0.0542. The summed E-state index contributed by atoms with van der Waals surface area (Å²) in [4.78, 5) is 9.02. The lowest BCUT2D eigenvalue weighted by molar-refractivity contribution is 0.102. The van der Waals surface area contributed by atoms with Gasteiger partial charge in [0.2, 0.25) is 0 Å². The van der Waals surface area contributed by atoms with E-state index in [1.807, 2.05) is 18.3 Å². The molecule has 21 heavy (non-hydrogen) atoms. The molecule has 0 aliphatic carbocycles. The number of anilines is 1. The van der Waals surface area contributed by atoms with Crippen LogP contribution in [0.4, 0.5) is 5.82 Å². The molecule has 0 saturated carbocycles. The molecule has 0 radical (unpaired) electrons. The summed E-state index contributed by atoms with van der Waals surface area (Å²) in [5.74, 6) is 1.05. The van der Waals surface area contributed by atoms with Gasteiger partial charge in [-0.2, -0.15) is 0 Å². The minimum atomic E-state index is -0.314. The van der Waals surface area contributed by atoms with Crippen LogP contribution in [0.25, 0.3) is 0 Å². The number of nitrogens with zero attached hydrogens (tertiary/aromatic N) is 3. The maximum atomic E-state index is 10.1. The molecule has 1 aromatic rings. The maximum Gasteiger partial charge on any atom is 0.128 e. The molecule has 0 aromatic carbocycles. The fraction of sp³-hybridized carbons (Fsp3) is 0.688. The van der Waals surface area contributed by atoms with E-state index in [-0.39, 0.29) is 11.6 Å². The molecule has 1 fully saturated rings. The lowest BCUT2D eigenvalue weighted by Crippen LogP contribution is -2.51. The minimum absolute atomic E-state index is 0.0542. The second-order valence-electron chi connectivity index (χ2n) is 6.76. The Morgan fingerprint density at radius 3 is 2.52 bits per heavy atom. The van der Waals surface area contributed by atoms with E-state index < -0.39 is 0 Å². The summed E-state index contributed by atoms with van der Waals surface area (Å²) in [5, 5.41) is 13.5. The summed E-state index contributed by atoms with van der Waals surface area (Å²) in [6.45, 7) is 11.6. The Morgan fingerprint density at radius 2 is 1.95 bits per heavy atom. The molecule has 1 saturated heterocycles. The van der Waals surface area contributed by atoms with Crippen molar-refractivity contribution in [2.75, 3.05) is 44.2 Å². The Labute approximate surface area is 128 Å². The first kappa shape index (κ1) is 16.2. The van der Waals surface area contributed by atoms with Gasteiger partial charge in [0.25, 0.3) is 0 Å². The van der Waals surface area contributed by atoms with Gasteiger partial charge in [-0.3, -0.25) is 4.90 Å². The van der Waals surface area contributed by atoms with Crippen molar-refractivity contribution in [1.29, 1.82) is 0 Å². The molecule has 1 aliphatic heterocycles. The second kappa shape index (κ2) is 7.20. The van der Waals surface area contributed by atoms with E-state index in [1.54, 1.807) is 0 Å². The van der Waals surface area contributed by atoms with Gasteiger partial charge in [0, 0.05) is 51.0 Å². The molecule has 2 rings (SSSR count). The van der Waals surface area contributed by atoms with E-state index in [0.29, 0.717) is 6.54 Å². The Bertz CT molecular complexity index is 410. The molecule has 0 amide bonds. The SMILES string of the molecule is CC(C)(C)NCC(O)CN1CCN(c2ccccn2)CC1. The molecule has 2 heterocycles. The normalized spacial score (nSPS) is 18.8. The Kier molecular flexibility index (Phi) is 5.56. The number of aliphatic hydroxyl groups excluding tert-OH is 1. The van der Waals surface area contributed by atoms with Crippen molar-refractivity contribution in [3.05, 3.63) is 24.4 Å². The zero-order valence-electron chi connectivity index (χ0n) is 13.4. The van der Waals surface area contributed by atoms with E-state index in [1.165, 1.54) is 0 Å². The van der Waals surface area contributed by atoms with Crippen molar-refractivity contribution in [2.24, 2.45) is 0 Å². The number of aromatic nitrogens is 1. The summed E-state index contributed by atoms with van der Waals surface area (Å²) in [6.07, 6.45) is 1.52. The standard InChI is InChI=1S/C16H28N4O/c1-16(2,3)18-12-14(21)13-19-8-10-20(11-9-19)15-6-4-5-7-17-15/h4-7,14,18,21H,8-13H2,1-3H3. The zero-order chi connectivity index (χ0) is 15.3. The summed E-state index contributed by atoms with van der Waals surface area (Å²) < 4.78 is 0. The molecular weight excluding hydrogens is 264 g/mol. The highest BCUT2D eigenvalue weighted by molar-refractivity contribution is 5.38. The van der Waals surface area contributed by atoms with Gasteiger partial charge >= 0.3 is 0 Å². The van der Waals surface area contributed by atoms with Crippen LogP contribution in [-0.4, -0.2) is 65.9 Å². The predicted molar refractivity (Wildman–Crippen MR) is 86.7 cm³/mol. The van der Waals surface area contributed by atoms with E-state index in [0.717, 1.165) is 38.5 Å². The van der Waals surface area contributed by atoms with Crippen LogP contribution in [0.2, 0.25) is 0 Å². The van der Waals surface area contributed by atoms with Crippen molar-refractivity contribution >= 4 is 5.82 Å². The number of hydrogen-bond donors (Lipinski definition) is 2. The van der Waals surface area contributed by atoms with Crippen LogP contribution in [-0.2, 0) is 0 Å². The van der Waals surface area contributed by atoms with E-state index in [9.17, 15) is 5.11 Å². The summed E-state index contributed by atoms with van der Waals surface area (Å²) in [7, 11) is 0. The summed E-state index contributed by atoms with van der Waals surface area (Å²) >= 11 is 0. The van der Waals surface area contributed by atoms with Crippen molar-refractivity contribution in [1.82, 2.24) is 15.2 Å². The van der Waals surface area contributed by atoms with Crippen molar-refractivity contribution in [2.45, 2.75) is 32.4 Å². The lowest BCUT2D eigenvalue weighted by Gasteiger charge is -2.36. The number of piperazine rings is 1. The van der Waals surface area contributed by atoms with E-state index >= 15 is 0 Å². The van der Waals surface area contributed by atoms with Crippen LogP contribution in [0.1, 0.15) is 20.8 Å². The fourth-order valence-electron chi connectivity index (χ4n) is 2.49. The molecule has 5 nitrogen and oxygen atoms in total. The van der Waals surface area contributed by atoms with Crippen molar-refractivity contribution in [3.63, 3.8) is 0 Å². The Morgan fingerprint density at radius 1 is 1.24 bits per heavy atom. The van der Waals surface area contributed by atoms with E-state index in [4.69, 9.17) is 0 Å². The first-order valence-corrected chi connectivity index (χ1v) is 7.75. The van der Waals surface area contributed by atoms with Gasteiger partial charge in [-0.1, -0.05) is 6.07 Å². The first-order valence-electron chi connectivity index (χ1n) is 7.75. The third-order valence-electron chi connectivity index (χ3n) is 3.68. The molecule has 1 unspecified atom stereocenters. The van der Waals surface area contributed by atoms with Crippen LogP contribution < -0.4 is 10.2 Å². The average Bonchev–Trinajstić information content (AvgIpc) is 2.46. The molecule has 1 aromatic heterocycles. The third-order valence-corrected chi connectivity index (χ3v) is 3.68. The molecule has 0 spiro atoms. The molecule has 0 bridgehead atoms. The molecule has 5 heteroatoms. The monoisotopic (exact) mass is 292 g/mol. The molecule has 118 valence electrons. The number of aliphatic hydroxyl groups is 1. The van der Waals surface area contributed by atoms with Gasteiger partial charge in [0.1, 0.15) is 5.82 Å². The minimum Gasteiger partial charge on any atom is -0.390 e. The van der Waals surface area contributed by atoms with Crippen LogP contribution in [0.15, 0.2) is 24.4 Å². The van der Waals surface area contributed by atoms with Gasteiger partial charge in [0.15, 0.2) is 0 Å². The number of β-amino-alcohol motifs (C(OH)–C–C–N with tert-alkyl or cyclic N) is 1. The number of rotatable bonds is 5. The van der Waals surface area contributed by atoms with Crippen molar-refractivity contribution < 1.29 is 5.11 Å². The highest BCUT2D eigenvalue weighted by atomic mass is 16.3. The second-order valence-corrected chi connectivity index (χ2v) is 6.76. The summed E-state index contributed by atoms with van der Waals surface area (Å²) in [6, 6.07) is 6.02. The maximum absolute atomic E-state index is 10.1. The largest absolute Gasteiger partial charge is 0.390 e. The third kappa shape index (κ3) is 5.61. The highest BCUT2D eigenvalue weighted by Gasteiger charge is 2.20. The average molecular weight is 292 g/mol. The van der Waals surface area contributed by atoms with Crippen LogP contribution >= 0.6 is 0 Å².